The maximum Gasteiger partial charge on any atom is 0.262 e. The number of rotatable bonds is 4. The van der Waals surface area contributed by atoms with Crippen LogP contribution in [0.2, 0.25) is 5.02 Å². The third kappa shape index (κ3) is 4.57. The lowest BCUT2D eigenvalue weighted by Gasteiger charge is -2.29. The van der Waals surface area contributed by atoms with E-state index < -0.39 is 0 Å². The van der Waals surface area contributed by atoms with Crippen molar-refractivity contribution >= 4 is 23.6 Å². The maximum atomic E-state index is 12.7. The highest BCUT2D eigenvalue weighted by atomic mass is 35.5. The van der Waals surface area contributed by atoms with Crippen LogP contribution in [0, 0.1) is 38.0 Å². The number of nitrogens with zero attached hydrogens (tertiary/aromatic N) is 2. The number of amides is 1. The van der Waals surface area contributed by atoms with E-state index in [-0.39, 0.29) is 17.5 Å². The van der Waals surface area contributed by atoms with E-state index in [2.05, 4.69) is 22.9 Å². The van der Waals surface area contributed by atoms with E-state index in [4.69, 9.17) is 11.6 Å². The van der Waals surface area contributed by atoms with Crippen LogP contribution in [0.3, 0.4) is 0 Å². The van der Waals surface area contributed by atoms with Gasteiger partial charge in [-0.05, 0) is 74.9 Å². The van der Waals surface area contributed by atoms with Gasteiger partial charge in [0, 0.05) is 28.1 Å². The molecule has 29 heavy (non-hydrogen) atoms. The number of aryl methyl sites for hydroxylation is 2. The van der Waals surface area contributed by atoms with Gasteiger partial charge in [0.15, 0.2) is 0 Å². The summed E-state index contributed by atoms with van der Waals surface area (Å²) in [6, 6.07) is 10.2. The number of aromatic nitrogens is 1. The first-order valence-corrected chi connectivity index (χ1v) is 10.6. The van der Waals surface area contributed by atoms with Crippen molar-refractivity contribution in [1.29, 1.82) is 5.26 Å². The van der Waals surface area contributed by atoms with E-state index in [0.717, 1.165) is 47.5 Å². The zero-order valence-corrected chi connectivity index (χ0v) is 18.3. The Bertz CT molecular complexity index is 996. The molecule has 1 fully saturated rings. The first-order chi connectivity index (χ1) is 13.8. The second-order valence-corrected chi connectivity index (χ2v) is 8.51. The van der Waals surface area contributed by atoms with E-state index in [1.807, 2.05) is 45.0 Å². The first kappa shape index (κ1) is 21.2. The normalized spacial score (nSPS) is 19.7. The summed E-state index contributed by atoms with van der Waals surface area (Å²) in [5.74, 6) is 0.165. The fourth-order valence-electron chi connectivity index (χ4n) is 4.13. The Morgan fingerprint density at radius 2 is 1.97 bits per heavy atom. The summed E-state index contributed by atoms with van der Waals surface area (Å²) in [4.78, 5) is 12.7. The van der Waals surface area contributed by atoms with Gasteiger partial charge < -0.3 is 9.88 Å². The Morgan fingerprint density at radius 1 is 1.24 bits per heavy atom. The largest absolute Gasteiger partial charge is 0.348 e. The van der Waals surface area contributed by atoms with Crippen LogP contribution in [0.25, 0.3) is 11.8 Å². The van der Waals surface area contributed by atoms with Crippen LogP contribution < -0.4 is 5.32 Å². The molecule has 0 spiro atoms. The lowest BCUT2D eigenvalue weighted by Crippen LogP contribution is -2.41. The van der Waals surface area contributed by atoms with Gasteiger partial charge in [-0.15, -0.1) is 0 Å². The smallest absolute Gasteiger partial charge is 0.262 e. The topological polar surface area (TPSA) is 57.8 Å². The number of nitrogens with one attached hydrogen (secondary N) is 1. The molecule has 2 aromatic rings. The van der Waals surface area contributed by atoms with E-state index in [0.29, 0.717) is 10.9 Å². The van der Waals surface area contributed by atoms with E-state index in [9.17, 15) is 10.1 Å². The Balaban J connectivity index is 1.89. The van der Waals surface area contributed by atoms with Crippen LogP contribution in [0.1, 0.15) is 55.1 Å². The van der Waals surface area contributed by atoms with Crippen molar-refractivity contribution < 1.29 is 4.79 Å². The molecule has 1 N–H and O–H groups in total. The summed E-state index contributed by atoms with van der Waals surface area (Å²) in [6.45, 7) is 8.14. The van der Waals surface area contributed by atoms with Crippen molar-refractivity contribution in [1.82, 2.24) is 9.88 Å². The summed E-state index contributed by atoms with van der Waals surface area (Å²) < 4.78 is 2.09. The number of nitriles is 1. The molecule has 0 aliphatic heterocycles. The average Bonchev–Trinajstić information content (AvgIpc) is 2.97. The van der Waals surface area contributed by atoms with Gasteiger partial charge in [0.05, 0.1) is 0 Å². The van der Waals surface area contributed by atoms with E-state index in [1.54, 1.807) is 6.08 Å². The molecule has 1 amide bonds. The van der Waals surface area contributed by atoms with Crippen LogP contribution in [0.15, 0.2) is 29.8 Å². The fraction of sp³-hybridized carbons (Fsp3) is 0.417. The van der Waals surface area contributed by atoms with Crippen molar-refractivity contribution in [2.75, 3.05) is 0 Å². The second-order valence-electron chi connectivity index (χ2n) is 8.11. The molecular formula is C24H28ClN3O. The number of halogens is 1. The van der Waals surface area contributed by atoms with Gasteiger partial charge in [0.2, 0.25) is 0 Å². The molecule has 1 aliphatic carbocycles. The predicted molar refractivity (Wildman–Crippen MR) is 118 cm³/mol. The van der Waals surface area contributed by atoms with Gasteiger partial charge in [-0.25, -0.2) is 0 Å². The Hall–Kier alpha value is -2.51. The summed E-state index contributed by atoms with van der Waals surface area (Å²) >= 11 is 6.31. The number of hydrogen-bond donors (Lipinski definition) is 1. The highest BCUT2D eigenvalue weighted by Gasteiger charge is 2.24. The van der Waals surface area contributed by atoms with Crippen LogP contribution in [-0.4, -0.2) is 16.5 Å². The van der Waals surface area contributed by atoms with Crippen molar-refractivity contribution in [2.45, 2.75) is 59.4 Å². The molecule has 0 saturated heterocycles. The molecule has 3 rings (SSSR count). The molecule has 2 atom stereocenters. The van der Waals surface area contributed by atoms with Crippen LogP contribution in [0.4, 0.5) is 0 Å². The zero-order valence-electron chi connectivity index (χ0n) is 17.6. The quantitative estimate of drug-likeness (QED) is 0.523. The molecule has 0 bridgehead atoms. The molecule has 152 valence electrons. The van der Waals surface area contributed by atoms with Crippen molar-refractivity contribution in [2.24, 2.45) is 5.92 Å². The Morgan fingerprint density at radius 3 is 2.62 bits per heavy atom. The summed E-state index contributed by atoms with van der Waals surface area (Å²) in [5, 5.41) is 13.4. The minimum absolute atomic E-state index is 0.143. The van der Waals surface area contributed by atoms with Crippen molar-refractivity contribution in [3.05, 3.63) is 57.4 Å². The number of hydrogen-bond acceptors (Lipinski definition) is 2. The number of benzene rings is 1. The van der Waals surface area contributed by atoms with Crippen molar-refractivity contribution in [3.63, 3.8) is 0 Å². The van der Waals surface area contributed by atoms with Crippen LogP contribution in [0.5, 0.6) is 0 Å². The molecule has 1 aliphatic rings. The molecule has 0 radical (unpaired) electrons. The maximum absolute atomic E-state index is 12.7. The van der Waals surface area contributed by atoms with Gasteiger partial charge in [0.1, 0.15) is 11.6 Å². The molecular weight excluding hydrogens is 382 g/mol. The SMILES string of the molecule is Cc1ccc(-n2c(C)cc(/C=C(\C#N)C(=O)N[C@@H]3CCCC[C@@H]3C)c2C)cc1Cl. The van der Waals surface area contributed by atoms with E-state index in [1.165, 1.54) is 6.42 Å². The molecule has 1 heterocycles. The Kier molecular flexibility index (Phi) is 6.49. The zero-order chi connectivity index (χ0) is 21.1. The second kappa shape index (κ2) is 8.88. The van der Waals surface area contributed by atoms with Crippen LogP contribution in [-0.2, 0) is 4.79 Å². The number of carbonyl (C=O) groups is 1. The molecule has 4 nitrogen and oxygen atoms in total. The lowest BCUT2D eigenvalue weighted by atomic mass is 9.86. The minimum Gasteiger partial charge on any atom is -0.348 e. The third-order valence-corrected chi connectivity index (χ3v) is 6.38. The first-order valence-electron chi connectivity index (χ1n) is 10.2. The standard InChI is InChI=1S/C24H28ClN3O/c1-15-9-10-21(13-22(15)25)28-17(3)11-19(18(28)4)12-20(14-26)24(29)27-23-8-6-5-7-16(23)2/h9-13,16,23H,5-8H2,1-4H3,(H,27,29)/b20-12+/t16-,23+/m0/s1. The highest BCUT2D eigenvalue weighted by molar-refractivity contribution is 6.31. The monoisotopic (exact) mass is 409 g/mol. The lowest BCUT2D eigenvalue weighted by molar-refractivity contribution is -0.118. The van der Waals surface area contributed by atoms with Gasteiger partial charge in [-0.3, -0.25) is 4.79 Å². The molecule has 1 saturated carbocycles. The minimum atomic E-state index is -0.283. The Labute approximate surface area is 178 Å². The molecule has 5 heteroatoms. The van der Waals surface area contributed by atoms with Crippen molar-refractivity contribution in [3.8, 4) is 11.8 Å². The van der Waals surface area contributed by atoms with Gasteiger partial charge in [-0.2, -0.15) is 5.26 Å². The summed E-state index contributed by atoms with van der Waals surface area (Å²) in [7, 11) is 0. The summed E-state index contributed by atoms with van der Waals surface area (Å²) in [6.07, 6.45) is 6.13. The fourth-order valence-corrected chi connectivity index (χ4v) is 4.31. The number of carbonyl (C=O) groups excluding carboxylic acids is 1. The summed E-state index contributed by atoms with van der Waals surface area (Å²) in [5.41, 5.74) is 4.99. The van der Waals surface area contributed by atoms with Gasteiger partial charge in [-0.1, -0.05) is 37.4 Å². The highest BCUT2D eigenvalue weighted by Crippen LogP contribution is 2.27. The van der Waals surface area contributed by atoms with Gasteiger partial charge >= 0.3 is 0 Å². The molecule has 0 unspecified atom stereocenters. The van der Waals surface area contributed by atoms with Gasteiger partial charge in [0.25, 0.3) is 5.91 Å². The third-order valence-electron chi connectivity index (χ3n) is 5.98. The molecule has 1 aromatic carbocycles. The molecule has 1 aromatic heterocycles. The average molecular weight is 410 g/mol. The van der Waals surface area contributed by atoms with E-state index >= 15 is 0 Å². The van der Waals surface area contributed by atoms with Crippen LogP contribution >= 0.6 is 11.6 Å². The predicted octanol–water partition coefficient (Wildman–Crippen LogP) is 5.66.